The number of ether oxygens (including phenoxy) is 2. The summed E-state index contributed by atoms with van der Waals surface area (Å²) in [4.78, 5) is 0.469. The van der Waals surface area contributed by atoms with Crippen molar-refractivity contribution in [2.24, 2.45) is 0 Å². The predicted octanol–water partition coefficient (Wildman–Crippen LogP) is 3.71. The summed E-state index contributed by atoms with van der Waals surface area (Å²) in [7, 11) is -2.00. The van der Waals surface area contributed by atoms with Crippen molar-refractivity contribution in [3.63, 3.8) is 0 Å². The Morgan fingerprint density at radius 1 is 0.773 bits per heavy atom. The Kier molecular flexibility index (Phi) is 4.47. The van der Waals surface area contributed by atoms with Gasteiger partial charge in [-0.05, 0) is 69.3 Å². The summed E-state index contributed by atoms with van der Waals surface area (Å²) in [6.45, 7) is 5.82. The van der Waals surface area contributed by atoms with E-state index < -0.39 is 9.84 Å². The zero-order valence-corrected chi connectivity index (χ0v) is 14.0. The van der Waals surface area contributed by atoms with Crippen LogP contribution in [0.4, 0.5) is 0 Å². The lowest BCUT2D eigenvalue weighted by molar-refractivity contribution is 0.131. The fraction of sp³-hybridized carbons (Fsp3) is 0.294. The van der Waals surface area contributed by atoms with Crippen LogP contribution < -0.4 is 9.47 Å². The highest BCUT2D eigenvalue weighted by molar-refractivity contribution is 7.91. The van der Waals surface area contributed by atoms with Crippen LogP contribution in [0.25, 0.3) is 0 Å². The van der Waals surface area contributed by atoms with Crippen LogP contribution in [0.5, 0.6) is 11.5 Å². The Morgan fingerprint density at radius 3 is 1.55 bits per heavy atom. The van der Waals surface area contributed by atoms with Crippen molar-refractivity contribution in [1.29, 1.82) is 0 Å². The van der Waals surface area contributed by atoms with Crippen LogP contribution in [0, 0.1) is 0 Å². The van der Waals surface area contributed by atoms with Gasteiger partial charge in [-0.15, -0.1) is 0 Å². The zero-order valence-electron chi connectivity index (χ0n) is 13.2. The summed E-state index contributed by atoms with van der Waals surface area (Å²) in [5, 5.41) is 0. The third kappa shape index (κ3) is 3.80. The number of hydrogen-bond acceptors (Lipinski definition) is 4. The minimum atomic E-state index is -3.54. The van der Waals surface area contributed by atoms with Crippen LogP contribution in [0.3, 0.4) is 0 Å². The van der Waals surface area contributed by atoms with Crippen molar-refractivity contribution < 1.29 is 17.9 Å². The van der Waals surface area contributed by atoms with Crippen molar-refractivity contribution in [3.8, 4) is 11.5 Å². The maximum Gasteiger partial charge on any atom is 0.206 e. The van der Waals surface area contributed by atoms with E-state index in [2.05, 4.69) is 0 Å². The maximum absolute atomic E-state index is 12.5. The molecule has 0 amide bonds. The highest BCUT2D eigenvalue weighted by atomic mass is 32.2. The van der Waals surface area contributed by atoms with E-state index in [-0.39, 0.29) is 15.4 Å². The van der Waals surface area contributed by atoms with Crippen molar-refractivity contribution in [1.82, 2.24) is 0 Å². The van der Waals surface area contributed by atoms with Crippen LogP contribution in [0.2, 0.25) is 0 Å². The molecule has 0 bridgehead atoms. The molecule has 22 heavy (non-hydrogen) atoms. The molecule has 0 aromatic heterocycles. The molecule has 0 atom stereocenters. The lowest BCUT2D eigenvalue weighted by Crippen LogP contribution is -2.22. The second-order valence-electron chi connectivity index (χ2n) is 5.86. The van der Waals surface area contributed by atoms with E-state index in [0.29, 0.717) is 11.5 Å². The molecule has 2 aromatic carbocycles. The average molecular weight is 320 g/mol. The molecule has 0 heterocycles. The van der Waals surface area contributed by atoms with E-state index in [4.69, 9.17) is 9.47 Å². The predicted molar refractivity (Wildman–Crippen MR) is 85.3 cm³/mol. The Labute approximate surface area is 131 Å². The summed E-state index contributed by atoms with van der Waals surface area (Å²) < 4.78 is 35.8. The lowest BCUT2D eigenvalue weighted by atomic mass is 10.2. The number of hydrogen-bond donors (Lipinski definition) is 0. The SMILES string of the molecule is COc1ccc(S(=O)(=O)c2ccc(OC(C)(C)C)cc2)cc1. The maximum atomic E-state index is 12.5. The van der Waals surface area contributed by atoms with Crippen molar-refractivity contribution in [3.05, 3.63) is 48.5 Å². The Balaban J connectivity index is 2.29. The molecule has 0 aliphatic rings. The van der Waals surface area contributed by atoms with Gasteiger partial charge in [-0.2, -0.15) is 0 Å². The van der Waals surface area contributed by atoms with E-state index in [1.54, 1.807) is 36.4 Å². The van der Waals surface area contributed by atoms with Gasteiger partial charge in [0, 0.05) is 0 Å². The highest BCUT2D eigenvalue weighted by Gasteiger charge is 2.18. The van der Waals surface area contributed by atoms with Crippen LogP contribution in [-0.2, 0) is 9.84 Å². The fourth-order valence-corrected chi connectivity index (χ4v) is 3.19. The third-order valence-electron chi connectivity index (χ3n) is 2.93. The molecule has 4 nitrogen and oxygen atoms in total. The molecule has 0 saturated heterocycles. The van der Waals surface area contributed by atoms with Crippen molar-refractivity contribution in [2.45, 2.75) is 36.2 Å². The van der Waals surface area contributed by atoms with E-state index in [0.717, 1.165) is 0 Å². The van der Waals surface area contributed by atoms with Gasteiger partial charge in [0.15, 0.2) is 0 Å². The quantitative estimate of drug-likeness (QED) is 0.862. The third-order valence-corrected chi connectivity index (χ3v) is 4.71. The molecule has 2 rings (SSSR count). The van der Waals surface area contributed by atoms with E-state index in [9.17, 15) is 8.42 Å². The second kappa shape index (κ2) is 6.01. The minimum Gasteiger partial charge on any atom is -0.497 e. The van der Waals surface area contributed by atoms with Gasteiger partial charge in [0.1, 0.15) is 17.1 Å². The van der Waals surface area contributed by atoms with Gasteiger partial charge in [0.2, 0.25) is 9.84 Å². The summed E-state index contributed by atoms with van der Waals surface area (Å²) in [6, 6.07) is 12.8. The number of rotatable bonds is 4. The van der Waals surface area contributed by atoms with Gasteiger partial charge in [-0.1, -0.05) is 0 Å². The molecule has 5 heteroatoms. The van der Waals surface area contributed by atoms with Gasteiger partial charge in [-0.25, -0.2) is 8.42 Å². The fourth-order valence-electron chi connectivity index (χ4n) is 1.93. The standard InChI is InChI=1S/C17H20O4S/c1-17(2,3)21-14-7-11-16(12-8-14)22(18,19)15-9-5-13(20-4)6-10-15/h5-12H,1-4H3. The second-order valence-corrected chi connectivity index (χ2v) is 7.81. The van der Waals surface area contributed by atoms with Crippen LogP contribution in [0.15, 0.2) is 58.3 Å². The van der Waals surface area contributed by atoms with Gasteiger partial charge in [0.05, 0.1) is 16.9 Å². The molecule has 0 radical (unpaired) electrons. The van der Waals surface area contributed by atoms with Gasteiger partial charge < -0.3 is 9.47 Å². The highest BCUT2D eigenvalue weighted by Crippen LogP contribution is 2.26. The zero-order chi connectivity index (χ0) is 16.4. The van der Waals surface area contributed by atoms with E-state index in [1.807, 2.05) is 20.8 Å². The van der Waals surface area contributed by atoms with Crippen LogP contribution in [-0.4, -0.2) is 21.1 Å². The van der Waals surface area contributed by atoms with Gasteiger partial charge in [-0.3, -0.25) is 0 Å². The van der Waals surface area contributed by atoms with Crippen LogP contribution in [0.1, 0.15) is 20.8 Å². The molecule has 0 aliphatic heterocycles. The van der Waals surface area contributed by atoms with E-state index in [1.165, 1.54) is 19.2 Å². The summed E-state index contributed by atoms with van der Waals surface area (Å²) >= 11 is 0. The molecule has 0 N–H and O–H groups in total. The Morgan fingerprint density at radius 2 is 1.18 bits per heavy atom. The Hall–Kier alpha value is -2.01. The number of benzene rings is 2. The van der Waals surface area contributed by atoms with Crippen molar-refractivity contribution in [2.75, 3.05) is 7.11 Å². The molecule has 0 spiro atoms. The molecule has 0 fully saturated rings. The average Bonchev–Trinajstić information content (AvgIpc) is 2.46. The molecular weight excluding hydrogens is 300 g/mol. The lowest BCUT2D eigenvalue weighted by Gasteiger charge is -2.21. The summed E-state index contributed by atoms with van der Waals surface area (Å²) in [6.07, 6.45) is 0. The molecule has 0 saturated carbocycles. The largest absolute Gasteiger partial charge is 0.497 e. The van der Waals surface area contributed by atoms with Gasteiger partial charge >= 0.3 is 0 Å². The van der Waals surface area contributed by atoms with E-state index >= 15 is 0 Å². The first-order valence-corrected chi connectivity index (χ1v) is 8.39. The van der Waals surface area contributed by atoms with Crippen LogP contribution >= 0.6 is 0 Å². The Bertz CT molecular complexity index is 724. The molecule has 0 aliphatic carbocycles. The minimum absolute atomic E-state index is 0.234. The normalized spacial score (nSPS) is 12.0. The molecule has 0 unspecified atom stereocenters. The first kappa shape index (κ1) is 16.4. The molecule has 118 valence electrons. The number of sulfone groups is 1. The first-order chi connectivity index (χ1) is 10.2. The summed E-state index contributed by atoms with van der Waals surface area (Å²) in [5.74, 6) is 1.26. The first-order valence-electron chi connectivity index (χ1n) is 6.90. The smallest absolute Gasteiger partial charge is 0.206 e. The monoisotopic (exact) mass is 320 g/mol. The van der Waals surface area contributed by atoms with Gasteiger partial charge in [0.25, 0.3) is 0 Å². The summed E-state index contributed by atoms with van der Waals surface area (Å²) in [5.41, 5.74) is -0.323. The number of methoxy groups -OCH3 is 1. The molecular formula is C17H20O4S. The molecule has 2 aromatic rings. The topological polar surface area (TPSA) is 52.6 Å². The van der Waals surface area contributed by atoms with Crippen molar-refractivity contribution >= 4 is 9.84 Å².